The van der Waals surface area contributed by atoms with Gasteiger partial charge in [-0.2, -0.15) is 10.4 Å². The molecule has 0 aromatic carbocycles. The van der Waals surface area contributed by atoms with Crippen LogP contribution in [0.5, 0.6) is 0 Å². The summed E-state index contributed by atoms with van der Waals surface area (Å²) >= 11 is 0. The first kappa shape index (κ1) is 14.9. The highest BCUT2D eigenvalue weighted by molar-refractivity contribution is 5.78. The number of rotatable bonds is 3. The van der Waals surface area contributed by atoms with E-state index in [1.54, 1.807) is 4.68 Å². The maximum atomic E-state index is 9.42. The molecule has 6 heteroatoms. The number of aromatic nitrogens is 3. The molecule has 0 saturated heterocycles. The third-order valence-electron chi connectivity index (χ3n) is 3.72. The molecule has 23 heavy (non-hydrogen) atoms. The molecule has 6 nitrogen and oxygen atoms in total. The van der Waals surface area contributed by atoms with Crippen LogP contribution < -0.4 is 5.73 Å². The second-order valence-corrected chi connectivity index (χ2v) is 5.35. The van der Waals surface area contributed by atoms with Crippen molar-refractivity contribution in [1.29, 1.82) is 5.26 Å². The molecule has 3 aromatic rings. The van der Waals surface area contributed by atoms with Crippen molar-refractivity contribution in [2.45, 2.75) is 20.3 Å². The summed E-state index contributed by atoms with van der Waals surface area (Å²) in [6.45, 7) is 3.92. The predicted molar refractivity (Wildman–Crippen MR) is 87.4 cm³/mol. The quantitative estimate of drug-likeness (QED) is 0.802. The molecule has 0 aliphatic heterocycles. The van der Waals surface area contributed by atoms with Gasteiger partial charge in [0.2, 0.25) is 0 Å². The Bertz CT molecular complexity index is 914. The van der Waals surface area contributed by atoms with Gasteiger partial charge in [-0.05, 0) is 25.1 Å². The van der Waals surface area contributed by atoms with Gasteiger partial charge in [-0.3, -0.25) is 4.68 Å². The van der Waals surface area contributed by atoms with Gasteiger partial charge in [0.1, 0.15) is 29.0 Å². The van der Waals surface area contributed by atoms with Crippen LogP contribution in [0.2, 0.25) is 0 Å². The summed E-state index contributed by atoms with van der Waals surface area (Å²) in [5.74, 6) is 1.67. The number of nitrogens with zero attached hydrogens (tertiary/aromatic N) is 4. The van der Waals surface area contributed by atoms with E-state index in [-0.39, 0.29) is 5.82 Å². The van der Waals surface area contributed by atoms with Gasteiger partial charge < -0.3 is 10.2 Å². The molecule has 0 unspecified atom stereocenters. The van der Waals surface area contributed by atoms with E-state index in [1.807, 2.05) is 45.3 Å². The van der Waals surface area contributed by atoms with E-state index in [1.165, 1.54) is 0 Å². The molecule has 0 aliphatic rings. The van der Waals surface area contributed by atoms with Gasteiger partial charge >= 0.3 is 0 Å². The minimum absolute atomic E-state index is 0.192. The molecule has 0 atom stereocenters. The Morgan fingerprint density at radius 2 is 2.13 bits per heavy atom. The fourth-order valence-electron chi connectivity index (χ4n) is 2.58. The molecule has 0 aliphatic carbocycles. The fourth-order valence-corrected chi connectivity index (χ4v) is 2.58. The van der Waals surface area contributed by atoms with E-state index in [0.717, 1.165) is 23.4 Å². The Morgan fingerprint density at radius 1 is 1.35 bits per heavy atom. The topological polar surface area (TPSA) is 93.7 Å². The molecule has 116 valence electrons. The third-order valence-corrected chi connectivity index (χ3v) is 3.72. The monoisotopic (exact) mass is 307 g/mol. The molecule has 3 rings (SSSR count). The minimum atomic E-state index is 0.192. The third kappa shape index (κ3) is 2.57. The molecule has 0 amide bonds. The van der Waals surface area contributed by atoms with E-state index in [4.69, 9.17) is 10.2 Å². The largest absolute Gasteiger partial charge is 0.461 e. The lowest BCUT2D eigenvalue weighted by Crippen LogP contribution is -1.99. The average molecular weight is 307 g/mol. The van der Waals surface area contributed by atoms with Crippen LogP contribution in [0.15, 0.2) is 28.8 Å². The number of nitriles is 1. The Kier molecular flexibility index (Phi) is 3.62. The highest BCUT2D eigenvalue weighted by Crippen LogP contribution is 2.33. The number of pyridine rings is 1. The zero-order valence-electron chi connectivity index (χ0n) is 13.3. The lowest BCUT2D eigenvalue weighted by atomic mass is 10.0. The summed E-state index contributed by atoms with van der Waals surface area (Å²) in [5, 5.41) is 13.7. The van der Waals surface area contributed by atoms with Gasteiger partial charge in [0.15, 0.2) is 0 Å². The van der Waals surface area contributed by atoms with Crippen LogP contribution >= 0.6 is 0 Å². The fraction of sp³-hybridized carbons (Fsp3) is 0.235. The first-order valence-electron chi connectivity index (χ1n) is 7.33. The molecule has 0 spiro atoms. The van der Waals surface area contributed by atoms with Crippen molar-refractivity contribution in [2.75, 3.05) is 5.73 Å². The molecular formula is C17H17N5O. The Labute approximate surface area is 134 Å². The maximum Gasteiger partial charge on any atom is 0.142 e. The van der Waals surface area contributed by atoms with E-state index in [0.29, 0.717) is 22.6 Å². The van der Waals surface area contributed by atoms with Crippen molar-refractivity contribution in [2.24, 2.45) is 7.05 Å². The van der Waals surface area contributed by atoms with Gasteiger partial charge in [0, 0.05) is 30.8 Å². The van der Waals surface area contributed by atoms with Crippen LogP contribution in [0.3, 0.4) is 0 Å². The van der Waals surface area contributed by atoms with Crippen molar-refractivity contribution in [3.05, 3.63) is 41.4 Å². The second kappa shape index (κ2) is 5.61. The van der Waals surface area contributed by atoms with Crippen molar-refractivity contribution >= 4 is 5.82 Å². The zero-order valence-corrected chi connectivity index (χ0v) is 13.3. The van der Waals surface area contributed by atoms with Crippen LogP contribution in [-0.2, 0) is 13.5 Å². The van der Waals surface area contributed by atoms with Crippen LogP contribution in [0.4, 0.5) is 5.82 Å². The smallest absolute Gasteiger partial charge is 0.142 e. The standard InChI is InChI=1S/C17H17N5O/c1-4-11-5-6-16(23-11)12-7-15(20-17(19)13(12)8-18)14-9-22(3)21-10(14)2/h5-7,9H,4H2,1-3H3,(H2,19,20). The van der Waals surface area contributed by atoms with Crippen molar-refractivity contribution in [3.63, 3.8) is 0 Å². The van der Waals surface area contributed by atoms with Crippen molar-refractivity contribution in [1.82, 2.24) is 14.8 Å². The lowest BCUT2D eigenvalue weighted by molar-refractivity contribution is 0.529. The Balaban J connectivity index is 2.22. The summed E-state index contributed by atoms with van der Waals surface area (Å²) in [6.07, 6.45) is 2.67. The van der Waals surface area contributed by atoms with Gasteiger partial charge in [-0.25, -0.2) is 4.98 Å². The Morgan fingerprint density at radius 3 is 2.70 bits per heavy atom. The maximum absolute atomic E-state index is 9.42. The van der Waals surface area contributed by atoms with E-state index in [2.05, 4.69) is 16.2 Å². The number of hydrogen-bond donors (Lipinski definition) is 1. The normalized spacial score (nSPS) is 10.7. The SMILES string of the molecule is CCc1ccc(-c2cc(-c3cn(C)nc3C)nc(N)c2C#N)o1. The first-order valence-corrected chi connectivity index (χ1v) is 7.33. The predicted octanol–water partition coefficient (Wildman–Crippen LogP) is 3.07. The highest BCUT2D eigenvalue weighted by Gasteiger charge is 2.17. The van der Waals surface area contributed by atoms with E-state index < -0.39 is 0 Å². The number of nitrogens with two attached hydrogens (primary N) is 1. The van der Waals surface area contributed by atoms with Crippen molar-refractivity contribution < 1.29 is 4.42 Å². The van der Waals surface area contributed by atoms with Gasteiger partial charge in [-0.15, -0.1) is 0 Å². The van der Waals surface area contributed by atoms with Crippen molar-refractivity contribution in [3.8, 4) is 28.7 Å². The highest BCUT2D eigenvalue weighted by atomic mass is 16.3. The molecule has 3 heterocycles. The summed E-state index contributed by atoms with van der Waals surface area (Å²) in [4.78, 5) is 4.36. The molecule has 0 fully saturated rings. The van der Waals surface area contributed by atoms with Crippen LogP contribution in [0, 0.1) is 18.3 Å². The lowest BCUT2D eigenvalue weighted by Gasteiger charge is -2.07. The number of furan rings is 1. The Hall–Kier alpha value is -3.07. The minimum Gasteiger partial charge on any atom is -0.461 e. The van der Waals surface area contributed by atoms with Gasteiger partial charge in [0.05, 0.1) is 11.4 Å². The number of nitrogen functional groups attached to an aromatic ring is 1. The van der Waals surface area contributed by atoms with Crippen LogP contribution in [0.1, 0.15) is 23.9 Å². The van der Waals surface area contributed by atoms with Gasteiger partial charge in [-0.1, -0.05) is 6.92 Å². The average Bonchev–Trinajstić information content (AvgIpc) is 3.12. The summed E-state index contributed by atoms with van der Waals surface area (Å²) < 4.78 is 7.51. The molecule has 0 bridgehead atoms. The van der Waals surface area contributed by atoms with Crippen LogP contribution in [0.25, 0.3) is 22.6 Å². The second-order valence-electron chi connectivity index (χ2n) is 5.35. The summed E-state index contributed by atoms with van der Waals surface area (Å²) in [7, 11) is 1.85. The summed E-state index contributed by atoms with van der Waals surface area (Å²) in [6, 6.07) is 7.71. The molecule has 3 aromatic heterocycles. The molecule has 0 saturated carbocycles. The van der Waals surface area contributed by atoms with E-state index in [9.17, 15) is 5.26 Å². The first-order chi connectivity index (χ1) is 11.0. The zero-order chi connectivity index (χ0) is 16.6. The molecule has 0 radical (unpaired) electrons. The van der Waals surface area contributed by atoms with Crippen LogP contribution in [-0.4, -0.2) is 14.8 Å². The molecule has 2 N–H and O–H groups in total. The number of aryl methyl sites for hydroxylation is 3. The summed E-state index contributed by atoms with van der Waals surface area (Å²) in [5.41, 5.74) is 9.39. The molecular weight excluding hydrogens is 290 g/mol. The van der Waals surface area contributed by atoms with Gasteiger partial charge in [0.25, 0.3) is 0 Å². The number of anilines is 1. The van der Waals surface area contributed by atoms with E-state index >= 15 is 0 Å². The number of hydrogen-bond acceptors (Lipinski definition) is 5.